The standard InChI is InChI=1S/C21H18N2O8S/c1-14-7-8-16(11-18(14)23(26)27)22-19(24)12-31-21(25)20-15(9-10-30-20)13-32(28,29)17-5-3-2-4-6-17/h2-11H,12-13H2,1H3,(H,22,24). The summed E-state index contributed by atoms with van der Waals surface area (Å²) in [6.45, 7) is 0.858. The van der Waals surface area contributed by atoms with Gasteiger partial charge in [-0.2, -0.15) is 0 Å². The van der Waals surface area contributed by atoms with Gasteiger partial charge in [0, 0.05) is 22.9 Å². The minimum absolute atomic E-state index is 0.0899. The number of nitrogens with zero attached hydrogens (tertiary/aromatic N) is 1. The van der Waals surface area contributed by atoms with Gasteiger partial charge in [-0.1, -0.05) is 24.3 Å². The SMILES string of the molecule is Cc1ccc(NC(=O)COC(=O)c2occc2CS(=O)(=O)c2ccccc2)cc1[N+](=O)[O-]. The summed E-state index contributed by atoms with van der Waals surface area (Å²) in [5.74, 6) is -2.57. The highest BCUT2D eigenvalue weighted by molar-refractivity contribution is 7.90. The fraction of sp³-hybridized carbons (Fsp3) is 0.143. The van der Waals surface area contributed by atoms with Crippen molar-refractivity contribution in [1.82, 2.24) is 0 Å². The zero-order valence-electron chi connectivity index (χ0n) is 16.8. The molecule has 1 aromatic heterocycles. The first-order chi connectivity index (χ1) is 15.2. The molecule has 2 aromatic carbocycles. The summed E-state index contributed by atoms with van der Waals surface area (Å²) in [6, 6.07) is 13.2. The molecule has 0 aliphatic rings. The Labute approximate surface area is 182 Å². The molecule has 11 heteroatoms. The number of ether oxygens (including phenoxy) is 1. The van der Waals surface area contributed by atoms with E-state index in [1.807, 2.05) is 0 Å². The molecule has 1 N–H and O–H groups in total. The Morgan fingerprint density at radius 2 is 1.84 bits per heavy atom. The summed E-state index contributed by atoms with van der Waals surface area (Å²) < 4.78 is 35.1. The molecule has 0 saturated carbocycles. The number of nitro groups is 1. The van der Waals surface area contributed by atoms with Gasteiger partial charge in [-0.15, -0.1) is 0 Å². The van der Waals surface area contributed by atoms with Crippen LogP contribution in [0.1, 0.15) is 21.7 Å². The van der Waals surface area contributed by atoms with Gasteiger partial charge in [0.2, 0.25) is 5.76 Å². The van der Waals surface area contributed by atoms with Gasteiger partial charge in [-0.25, -0.2) is 13.2 Å². The molecule has 0 aliphatic carbocycles. The van der Waals surface area contributed by atoms with E-state index in [0.717, 1.165) is 6.26 Å². The number of hydrogen-bond donors (Lipinski definition) is 1. The molecular weight excluding hydrogens is 440 g/mol. The Morgan fingerprint density at radius 1 is 1.12 bits per heavy atom. The monoisotopic (exact) mass is 458 g/mol. The molecule has 10 nitrogen and oxygen atoms in total. The van der Waals surface area contributed by atoms with Crippen LogP contribution in [0.25, 0.3) is 0 Å². The van der Waals surface area contributed by atoms with Crippen molar-refractivity contribution in [3.05, 3.63) is 87.9 Å². The maximum Gasteiger partial charge on any atom is 0.375 e. The molecule has 32 heavy (non-hydrogen) atoms. The van der Waals surface area contributed by atoms with Gasteiger partial charge < -0.3 is 14.5 Å². The number of sulfone groups is 1. The molecule has 0 aliphatic heterocycles. The fourth-order valence-corrected chi connectivity index (χ4v) is 4.20. The van der Waals surface area contributed by atoms with E-state index in [0.29, 0.717) is 5.56 Å². The smallest absolute Gasteiger partial charge is 0.375 e. The van der Waals surface area contributed by atoms with Gasteiger partial charge in [-0.3, -0.25) is 14.9 Å². The average Bonchev–Trinajstić information content (AvgIpc) is 3.21. The first kappa shape index (κ1) is 22.7. The number of anilines is 1. The normalized spacial score (nSPS) is 11.0. The number of aryl methyl sites for hydroxylation is 1. The van der Waals surface area contributed by atoms with E-state index < -0.39 is 39.0 Å². The fourth-order valence-electron chi connectivity index (χ4n) is 2.82. The van der Waals surface area contributed by atoms with Crippen LogP contribution in [0.2, 0.25) is 0 Å². The molecular formula is C21H18N2O8S. The summed E-state index contributed by atoms with van der Waals surface area (Å²) in [7, 11) is -3.73. The summed E-state index contributed by atoms with van der Waals surface area (Å²) in [6.07, 6.45) is 1.15. The molecule has 3 rings (SSSR count). The quantitative estimate of drug-likeness (QED) is 0.307. The van der Waals surface area contributed by atoms with Crippen molar-refractivity contribution in [2.24, 2.45) is 0 Å². The number of carbonyl (C=O) groups excluding carboxylic acids is 2. The predicted octanol–water partition coefficient (Wildman–Crippen LogP) is 3.27. The Bertz CT molecular complexity index is 1270. The molecule has 0 fully saturated rings. The molecule has 0 bridgehead atoms. The van der Waals surface area contributed by atoms with Crippen LogP contribution in [-0.2, 0) is 25.1 Å². The van der Waals surface area contributed by atoms with Crippen LogP contribution < -0.4 is 5.32 Å². The topological polar surface area (TPSA) is 146 Å². The highest BCUT2D eigenvalue weighted by atomic mass is 32.2. The van der Waals surface area contributed by atoms with Gasteiger partial charge in [0.25, 0.3) is 11.6 Å². The maximum absolute atomic E-state index is 12.5. The van der Waals surface area contributed by atoms with Crippen molar-refractivity contribution in [3.63, 3.8) is 0 Å². The molecule has 0 unspecified atom stereocenters. The Hall–Kier alpha value is -3.99. The molecule has 3 aromatic rings. The third kappa shape index (κ3) is 5.38. The van der Waals surface area contributed by atoms with Crippen molar-refractivity contribution in [3.8, 4) is 0 Å². The lowest BCUT2D eigenvalue weighted by Gasteiger charge is -2.08. The Kier molecular flexibility index (Phi) is 6.69. The van der Waals surface area contributed by atoms with Crippen molar-refractivity contribution >= 4 is 33.1 Å². The molecule has 1 heterocycles. The number of furan rings is 1. The molecule has 0 radical (unpaired) electrons. The van der Waals surface area contributed by atoms with E-state index in [9.17, 15) is 28.1 Å². The largest absolute Gasteiger partial charge is 0.457 e. The van der Waals surface area contributed by atoms with E-state index in [2.05, 4.69) is 5.32 Å². The van der Waals surface area contributed by atoms with Crippen molar-refractivity contribution in [2.45, 2.75) is 17.6 Å². The van der Waals surface area contributed by atoms with Crippen LogP contribution in [0.5, 0.6) is 0 Å². The lowest BCUT2D eigenvalue weighted by molar-refractivity contribution is -0.385. The van der Waals surface area contributed by atoms with Crippen LogP contribution >= 0.6 is 0 Å². The lowest BCUT2D eigenvalue weighted by Crippen LogP contribution is -2.21. The molecule has 166 valence electrons. The van der Waals surface area contributed by atoms with E-state index in [1.54, 1.807) is 25.1 Å². The second-order valence-corrected chi connectivity index (χ2v) is 8.72. The zero-order valence-corrected chi connectivity index (χ0v) is 17.6. The first-order valence-corrected chi connectivity index (χ1v) is 10.9. The van der Waals surface area contributed by atoms with Crippen LogP contribution in [0.3, 0.4) is 0 Å². The van der Waals surface area contributed by atoms with E-state index >= 15 is 0 Å². The molecule has 1 amide bonds. The van der Waals surface area contributed by atoms with E-state index in [-0.39, 0.29) is 27.6 Å². The number of benzene rings is 2. The third-order valence-corrected chi connectivity index (χ3v) is 6.09. The van der Waals surface area contributed by atoms with Crippen molar-refractivity contribution in [2.75, 3.05) is 11.9 Å². The summed E-state index contributed by atoms with van der Waals surface area (Å²) in [4.78, 5) is 34.9. The van der Waals surface area contributed by atoms with Gasteiger partial charge in [0.15, 0.2) is 16.4 Å². The summed E-state index contributed by atoms with van der Waals surface area (Å²) in [5.41, 5.74) is 0.513. The number of carbonyl (C=O) groups is 2. The lowest BCUT2D eigenvalue weighted by atomic mass is 10.2. The number of hydrogen-bond acceptors (Lipinski definition) is 8. The van der Waals surface area contributed by atoms with Gasteiger partial charge in [0.05, 0.1) is 21.8 Å². The second-order valence-electron chi connectivity index (χ2n) is 6.73. The number of amides is 1. The molecule has 0 atom stereocenters. The molecule has 0 spiro atoms. The van der Waals surface area contributed by atoms with Crippen LogP contribution in [0.4, 0.5) is 11.4 Å². The minimum atomic E-state index is -3.73. The Balaban J connectivity index is 1.63. The van der Waals surface area contributed by atoms with Gasteiger partial charge >= 0.3 is 5.97 Å². The van der Waals surface area contributed by atoms with Gasteiger partial charge in [0.1, 0.15) is 0 Å². The average molecular weight is 458 g/mol. The second kappa shape index (κ2) is 9.43. The maximum atomic E-state index is 12.5. The van der Waals surface area contributed by atoms with E-state index in [4.69, 9.17) is 9.15 Å². The molecule has 0 saturated heterocycles. The first-order valence-electron chi connectivity index (χ1n) is 9.23. The third-order valence-electron chi connectivity index (χ3n) is 4.40. The predicted molar refractivity (Wildman–Crippen MR) is 113 cm³/mol. The highest BCUT2D eigenvalue weighted by Gasteiger charge is 2.24. The number of rotatable bonds is 8. The van der Waals surface area contributed by atoms with Crippen molar-refractivity contribution < 1.29 is 32.1 Å². The van der Waals surface area contributed by atoms with Crippen LogP contribution in [-0.4, -0.2) is 31.8 Å². The van der Waals surface area contributed by atoms with Crippen molar-refractivity contribution in [1.29, 1.82) is 0 Å². The van der Waals surface area contributed by atoms with Crippen LogP contribution in [0, 0.1) is 17.0 Å². The van der Waals surface area contributed by atoms with Crippen LogP contribution in [0.15, 0.2) is 70.2 Å². The zero-order chi connectivity index (χ0) is 23.3. The highest BCUT2D eigenvalue weighted by Crippen LogP contribution is 2.23. The number of nitrogens with one attached hydrogen (secondary N) is 1. The van der Waals surface area contributed by atoms with Gasteiger partial charge in [-0.05, 0) is 31.2 Å². The summed E-state index contributed by atoms with van der Waals surface area (Å²) in [5, 5.41) is 13.4. The number of nitro benzene ring substituents is 1. The number of esters is 1. The minimum Gasteiger partial charge on any atom is -0.457 e. The van der Waals surface area contributed by atoms with E-state index in [1.165, 1.54) is 36.4 Å². The summed E-state index contributed by atoms with van der Waals surface area (Å²) >= 11 is 0. The Morgan fingerprint density at radius 3 is 2.53 bits per heavy atom.